The van der Waals surface area contributed by atoms with Crippen molar-refractivity contribution in [1.29, 1.82) is 0 Å². The van der Waals surface area contributed by atoms with Gasteiger partial charge in [0.15, 0.2) is 0 Å². The normalized spacial score (nSPS) is 13.3. The van der Waals surface area contributed by atoms with Crippen molar-refractivity contribution < 1.29 is 4.74 Å². The molecular formula is C12H21NOS. The summed E-state index contributed by atoms with van der Waals surface area (Å²) in [7, 11) is 0. The molecule has 0 aliphatic rings. The van der Waals surface area contributed by atoms with Crippen LogP contribution in [0.5, 0.6) is 0 Å². The first-order valence-electron chi connectivity index (χ1n) is 5.53. The summed E-state index contributed by atoms with van der Waals surface area (Å²) in [5.41, 5.74) is 1.36. The lowest BCUT2D eigenvalue weighted by Crippen LogP contribution is -2.23. The van der Waals surface area contributed by atoms with Crippen molar-refractivity contribution in [2.45, 2.75) is 26.8 Å². The summed E-state index contributed by atoms with van der Waals surface area (Å²) >= 11 is 1.74. The van der Waals surface area contributed by atoms with E-state index in [0.29, 0.717) is 12.0 Å². The average Bonchev–Trinajstić information content (AvgIpc) is 2.69. The molecule has 0 fully saturated rings. The Kier molecular flexibility index (Phi) is 5.91. The van der Waals surface area contributed by atoms with Crippen LogP contribution in [-0.2, 0) is 4.74 Å². The van der Waals surface area contributed by atoms with Gasteiger partial charge in [-0.3, -0.25) is 0 Å². The van der Waals surface area contributed by atoms with Crippen LogP contribution in [0.25, 0.3) is 0 Å². The molecule has 0 spiro atoms. The molecule has 2 nitrogen and oxygen atoms in total. The molecule has 0 bridgehead atoms. The minimum absolute atomic E-state index is 0.430. The zero-order valence-corrected chi connectivity index (χ0v) is 10.6. The fourth-order valence-corrected chi connectivity index (χ4v) is 2.06. The van der Waals surface area contributed by atoms with Crippen LogP contribution in [0.4, 0.5) is 0 Å². The first-order valence-corrected chi connectivity index (χ1v) is 6.47. The molecule has 0 aromatic carbocycles. The second-order valence-electron chi connectivity index (χ2n) is 4.20. The Labute approximate surface area is 96.7 Å². The molecule has 0 amide bonds. The van der Waals surface area contributed by atoms with E-state index in [-0.39, 0.29) is 0 Å². The second-order valence-corrected chi connectivity index (χ2v) is 4.98. The van der Waals surface area contributed by atoms with Crippen molar-refractivity contribution in [3.63, 3.8) is 0 Å². The van der Waals surface area contributed by atoms with Gasteiger partial charge in [-0.15, -0.1) is 0 Å². The van der Waals surface area contributed by atoms with Crippen LogP contribution in [0.15, 0.2) is 16.8 Å². The predicted octanol–water partition coefficient (Wildman–Crippen LogP) is 3.07. The largest absolute Gasteiger partial charge is 0.380 e. The van der Waals surface area contributed by atoms with Crippen molar-refractivity contribution in [2.24, 2.45) is 5.92 Å². The molecule has 1 rings (SSSR count). The van der Waals surface area contributed by atoms with Gasteiger partial charge in [0.1, 0.15) is 0 Å². The third-order valence-corrected chi connectivity index (χ3v) is 2.89. The van der Waals surface area contributed by atoms with E-state index in [4.69, 9.17) is 4.74 Å². The van der Waals surface area contributed by atoms with Gasteiger partial charge < -0.3 is 10.1 Å². The minimum Gasteiger partial charge on any atom is -0.380 e. The summed E-state index contributed by atoms with van der Waals surface area (Å²) in [4.78, 5) is 0. The number of hydrogen-bond donors (Lipinski definition) is 1. The van der Waals surface area contributed by atoms with Crippen molar-refractivity contribution in [3.8, 4) is 0 Å². The van der Waals surface area contributed by atoms with Gasteiger partial charge in [-0.25, -0.2) is 0 Å². The minimum atomic E-state index is 0.430. The maximum Gasteiger partial charge on any atom is 0.0591 e. The summed E-state index contributed by atoms with van der Waals surface area (Å²) in [6, 6.07) is 2.59. The van der Waals surface area contributed by atoms with Gasteiger partial charge in [-0.1, -0.05) is 13.8 Å². The summed E-state index contributed by atoms with van der Waals surface area (Å²) in [6.45, 7) is 9.10. The Hall–Kier alpha value is -0.380. The Morgan fingerprint density at radius 1 is 1.40 bits per heavy atom. The maximum atomic E-state index is 5.50. The van der Waals surface area contributed by atoms with E-state index in [0.717, 1.165) is 19.8 Å². The molecule has 1 atom stereocenters. The molecule has 0 radical (unpaired) electrons. The number of hydrogen-bond acceptors (Lipinski definition) is 3. The highest BCUT2D eigenvalue weighted by Gasteiger charge is 2.03. The van der Waals surface area contributed by atoms with E-state index in [1.165, 1.54) is 5.56 Å². The van der Waals surface area contributed by atoms with Crippen LogP contribution in [-0.4, -0.2) is 19.8 Å². The first-order chi connectivity index (χ1) is 7.20. The van der Waals surface area contributed by atoms with Gasteiger partial charge in [0, 0.05) is 19.2 Å². The standard InChI is InChI=1S/C12H21NOS/c1-10(2)8-14-6-5-13-11(3)12-4-7-15-9-12/h4,7,9-11,13H,5-6,8H2,1-3H3. The molecule has 0 aliphatic heterocycles. The highest BCUT2D eigenvalue weighted by molar-refractivity contribution is 7.07. The Balaban J connectivity index is 2.05. The fourth-order valence-electron chi connectivity index (χ4n) is 1.31. The molecular weight excluding hydrogens is 206 g/mol. The maximum absolute atomic E-state index is 5.50. The summed E-state index contributed by atoms with van der Waals surface area (Å²) in [5.74, 6) is 0.624. The van der Waals surface area contributed by atoms with Crippen LogP contribution < -0.4 is 5.32 Å². The number of thiophene rings is 1. The monoisotopic (exact) mass is 227 g/mol. The SMILES string of the molecule is CC(C)COCCNC(C)c1ccsc1. The van der Waals surface area contributed by atoms with Crippen LogP contribution in [0.2, 0.25) is 0 Å². The van der Waals surface area contributed by atoms with Crippen molar-refractivity contribution >= 4 is 11.3 Å². The van der Waals surface area contributed by atoms with E-state index < -0.39 is 0 Å². The smallest absolute Gasteiger partial charge is 0.0591 e. The lowest BCUT2D eigenvalue weighted by Gasteiger charge is -2.13. The van der Waals surface area contributed by atoms with Gasteiger partial charge in [-0.2, -0.15) is 11.3 Å². The zero-order valence-electron chi connectivity index (χ0n) is 9.82. The molecule has 3 heteroatoms. The van der Waals surface area contributed by atoms with Crippen LogP contribution in [0, 0.1) is 5.92 Å². The summed E-state index contributed by atoms with van der Waals surface area (Å²) < 4.78 is 5.50. The van der Waals surface area contributed by atoms with Crippen molar-refractivity contribution in [1.82, 2.24) is 5.32 Å². The van der Waals surface area contributed by atoms with E-state index in [9.17, 15) is 0 Å². The molecule has 1 aromatic rings. The molecule has 1 heterocycles. The fraction of sp³-hybridized carbons (Fsp3) is 0.667. The number of ether oxygens (including phenoxy) is 1. The lowest BCUT2D eigenvalue weighted by atomic mass is 10.2. The van der Waals surface area contributed by atoms with E-state index in [2.05, 4.69) is 42.9 Å². The quantitative estimate of drug-likeness (QED) is 0.723. The lowest BCUT2D eigenvalue weighted by molar-refractivity contribution is 0.110. The van der Waals surface area contributed by atoms with Gasteiger partial charge in [0.25, 0.3) is 0 Å². The molecule has 86 valence electrons. The molecule has 1 N–H and O–H groups in total. The van der Waals surface area contributed by atoms with Gasteiger partial charge in [0.05, 0.1) is 6.61 Å². The van der Waals surface area contributed by atoms with Crippen LogP contribution >= 0.6 is 11.3 Å². The molecule has 0 saturated carbocycles. The third kappa shape index (κ3) is 5.30. The molecule has 1 unspecified atom stereocenters. The highest BCUT2D eigenvalue weighted by atomic mass is 32.1. The Morgan fingerprint density at radius 3 is 2.80 bits per heavy atom. The third-order valence-electron chi connectivity index (χ3n) is 2.19. The van der Waals surface area contributed by atoms with Crippen LogP contribution in [0.1, 0.15) is 32.4 Å². The molecule has 0 aliphatic carbocycles. The zero-order chi connectivity index (χ0) is 11.1. The van der Waals surface area contributed by atoms with Gasteiger partial charge >= 0.3 is 0 Å². The topological polar surface area (TPSA) is 21.3 Å². The van der Waals surface area contributed by atoms with Gasteiger partial charge in [0.2, 0.25) is 0 Å². The average molecular weight is 227 g/mol. The predicted molar refractivity (Wildman–Crippen MR) is 66.4 cm³/mol. The summed E-state index contributed by atoms with van der Waals surface area (Å²) in [6.07, 6.45) is 0. The van der Waals surface area contributed by atoms with Crippen molar-refractivity contribution in [3.05, 3.63) is 22.4 Å². The molecule has 15 heavy (non-hydrogen) atoms. The molecule has 0 saturated heterocycles. The Morgan fingerprint density at radius 2 is 2.20 bits per heavy atom. The second kappa shape index (κ2) is 6.99. The highest BCUT2D eigenvalue weighted by Crippen LogP contribution is 2.14. The Bertz CT molecular complexity index is 246. The first kappa shape index (κ1) is 12.7. The van der Waals surface area contributed by atoms with Crippen LogP contribution in [0.3, 0.4) is 0 Å². The van der Waals surface area contributed by atoms with Gasteiger partial charge in [-0.05, 0) is 35.2 Å². The molecule has 1 aromatic heterocycles. The summed E-state index contributed by atoms with van der Waals surface area (Å²) in [5, 5.41) is 7.74. The number of nitrogens with one attached hydrogen (secondary N) is 1. The van der Waals surface area contributed by atoms with Crippen molar-refractivity contribution in [2.75, 3.05) is 19.8 Å². The van der Waals surface area contributed by atoms with E-state index >= 15 is 0 Å². The van der Waals surface area contributed by atoms with E-state index in [1.807, 2.05) is 0 Å². The van der Waals surface area contributed by atoms with E-state index in [1.54, 1.807) is 11.3 Å². The number of rotatable bonds is 7.